The Hall–Kier alpha value is -7.60. The molecule has 55 heavy (non-hydrogen) atoms. The van der Waals surface area contributed by atoms with Gasteiger partial charge in [0, 0.05) is 38.3 Å². The van der Waals surface area contributed by atoms with E-state index in [1.54, 1.807) is 0 Å². The lowest BCUT2D eigenvalue weighted by molar-refractivity contribution is 0.966. The molecule has 0 saturated heterocycles. The monoisotopic (exact) mass is 701 g/mol. The van der Waals surface area contributed by atoms with E-state index in [1.807, 2.05) is 18.2 Å². The Kier molecular flexibility index (Phi) is 6.74. The molecule has 0 amide bonds. The Morgan fingerprint density at radius 3 is 1.58 bits per heavy atom. The molecule has 0 spiro atoms. The summed E-state index contributed by atoms with van der Waals surface area (Å²) in [6, 6.07) is 57.7. The Balaban J connectivity index is 1.13. The van der Waals surface area contributed by atoms with Crippen molar-refractivity contribution in [2.75, 3.05) is 0 Å². The molecular weight excluding hydrogens is 671 g/mol. The van der Waals surface area contributed by atoms with Crippen LogP contribution in [0.1, 0.15) is 28.8 Å². The number of para-hydroxylation sites is 4. The molecule has 0 atom stereocenters. The maximum absolute atomic E-state index is 10.8. The number of hydrogen-bond acceptors (Lipinski definition) is 2. The van der Waals surface area contributed by atoms with Gasteiger partial charge < -0.3 is 13.7 Å². The first-order valence-corrected chi connectivity index (χ1v) is 18.6. The van der Waals surface area contributed by atoms with Crippen LogP contribution in [0.3, 0.4) is 0 Å². The first kappa shape index (κ1) is 31.0. The molecule has 0 N–H and O–H groups in total. The third kappa shape index (κ3) is 4.45. The number of nitrogens with zero attached hydrogens (tertiary/aromatic N) is 5. The summed E-state index contributed by atoms with van der Waals surface area (Å²) in [5.74, 6) is 0. The Morgan fingerprint density at radius 2 is 0.964 bits per heavy atom. The zero-order chi connectivity index (χ0) is 36.6. The van der Waals surface area contributed by atoms with E-state index in [9.17, 15) is 10.5 Å². The average Bonchev–Trinajstić information content (AvgIpc) is 3.89. The molecule has 0 unspecified atom stereocenters. The molecule has 0 bridgehead atoms. The highest BCUT2D eigenvalue weighted by molar-refractivity contribution is 6.23. The average molecular weight is 702 g/mol. The van der Waals surface area contributed by atoms with E-state index < -0.39 is 0 Å². The van der Waals surface area contributed by atoms with Crippen LogP contribution in [0.25, 0.3) is 88.8 Å². The van der Waals surface area contributed by atoms with Gasteiger partial charge in [-0.1, -0.05) is 103 Å². The fourth-order valence-electron chi connectivity index (χ4n) is 9.04. The second-order valence-electron chi connectivity index (χ2n) is 14.2. The number of aromatic nitrogens is 3. The molecule has 0 radical (unpaired) electrons. The molecule has 0 fully saturated rings. The van der Waals surface area contributed by atoms with Crippen LogP contribution in [0, 0.1) is 22.7 Å². The predicted octanol–water partition coefficient (Wildman–Crippen LogP) is 12.2. The molecule has 3 aromatic heterocycles. The van der Waals surface area contributed by atoms with Crippen LogP contribution in [-0.2, 0) is 6.42 Å². The van der Waals surface area contributed by atoms with E-state index in [0.717, 1.165) is 90.5 Å². The van der Waals surface area contributed by atoms with Crippen molar-refractivity contribution < 1.29 is 0 Å². The zero-order valence-electron chi connectivity index (χ0n) is 29.7. The van der Waals surface area contributed by atoms with E-state index in [0.29, 0.717) is 11.1 Å². The summed E-state index contributed by atoms with van der Waals surface area (Å²) in [5, 5.41) is 27.2. The smallest absolute Gasteiger partial charge is 0.101 e. The zero-order valence-corrected chi connectivity index (χ0v) is 29.7. The lowest BCUT2D eigenvalue weighted by atomic mass is 9.99. The third-order valence-electron chi connectivity index (χ3n) is 11.4. The second-order valence-corrected chi connectivity index (χ2v) is 14.2. The topological polar surface area (TPSA) is 62.4 Å². The summed E-state index contributed by atoms with van der Waals surface area (Å²) in [6.07, 6.45) is 6.40. The Labute approximate surface area is 317 Å². The maximum atomic E-state index is 10.8. The lowest BCUT2D eigenvalue weighted by Gasteiger charge is -2.16. The van der Waals surface area contributed by atoms with Gasteiger partial charge in [-0.15, -0.1) is 0 Å². The number of rotatable bonds is 4. The molecule has 0 saturated carbocycles. The van der Waals surface area contributed by atoms with Crippen molar-refractivity contribution in [3.8, 4) is 40.3 Å². The molecule has 10 aromatic rings. The minimum Gasteiger partial charge on any atom is -0.308 e. The lowest BCUT2D eigenvalue weighted by Crippen LogP contribution is -2.03. The van der Waals surface area contributed by atoms with E-state index in [4.69, 9.17) is 0 Å². The fourth-order valence-corrected chi connectivity index (χ4v) is 9.04. The van der Waals surface area contributed by atoms with Gasteiger partial charge in [-0.2, -0.15) is 10.5 Å². The van der Waals surface area contributed by atoms with Crippen molar-refractivity contribution in [1.29, 1.82) is 10.5 Å². The summed E-state index contributed by atoms with van der Waals surface area (Å²) in [4.78, 5) is 0. The van der Waals surface area contributed by atoms with Crippen LogP contribution >= 0.6 is 0 Å². The summed E-state index contributed by atoms with van der Waals surface area (Å²) in [5.41, 5.74) is 13.5. The molecule has 256 valence electrons. The van der Waals surface area contributed by atoms with E-state index >= 15 is 0 Å². The van der Waals surface area contributed by atoms with Crippen LogP contribution < -0.4 is 0 Å². The van der Waals surface area contributed by atoms with Crippen LogP contribution in [0.15, 0.2) is 158 Å². The van der Waals surface area contributed by atoms with Gasteiger partial charge in [0.05, 0.1) is 50.1 Å². The van der Waals surface area contributed by atoms with Gasteiger partial charge in [-0.25, -0.2) is 0 Å². The second kappa shape index (κ2) is 12.0. The number of hydrogen-bond donors (Lipinski definition) is 0. The van der Waals surface area contributed by atoms with Crippen molar-refractivity contribution in [3.63, 3.8) is 0 Å². The molecule has 5 nitrogen and oxygen atoms in total. The Morgan fingerprint density at radius 1 is 0.455 bits per heavy atom. The SMILES string of the molecule is N#Cc1cc(-c2ccc(-n3c4ccccc4c4ccc5c6ccccc6n(-c6ccccc6)c5c43)c(C#N)c2)ccc1-n1c2c(c3ccccc31)CCC=C2. The van der Waals surface area contributed by atoms with Gasteiger partial charge in [0.25, 0.3) is 0 Å². The van der Waals surface area contributed by atoms with Crippen molar-refractivity contribution in [1.82, 2.24) is 13.7 Å². The first-order chi connectivity index (χ1) is 27.2. The maximum Gasteiger partial charge on any atom is 0.101 e. The number of nitriles is 2. The summed E-state index contributed by atoms with van der Waals surface area (Å²) < 4.78 is 6.85. The minimum atomic E-state index is 0.553. The van der Waals surface area contributed by atoms with Gasteiger partial charge in [-0.3, -0.25) is 0 Å². The quantitative estimate of drug-likeness (QED) is 0.183. The van der Waals surface area contributed by atoms with E-state index in [-0.39, 0.29) is 0 Å². The fraction of sp³-hybridized carbons (Fsp3) is 0.0400. The highest BCUT2D eigenvalue weighted by Crippen LogP contribution is 2.43. The van der Waals surface area contributed by atoms with Gasteiger partial charge in [0.15, 0.2) is 0 Å². The summed E-state index contributed by atoms with van der Waals surface area (Å²) >= 11 is 0. The van der Waals surface area contributed by atoms with Crippen molar-refractivity contribution in [3.05, 3.63) is 180 Å². The van der Waals surface area contributed by atoms with Gasteiger partial charge in [-0.05, 0) is 90.2 Å². The standard InChI is InChI=1S/C50H31N5/c51-30-34-28-32(22-26-43(34)54-46-19-9-4-14-37(46)38-15-5-10-20-47(38)54)33-23-27-44(35(29-33)31-52)55-48-21-11-7-17-40(48)42-25-24-41-39-16-6-8-18-45(39)53(49(41)50(42)55)36-12-2-1-3-13-36/h1-4,6-14,16-29H,5,15H2. The molecule has 11 rings (SSSR count). The highest BCUT2D eigenvalue weighted by atomic mass is 15.0. The van der Waals surface area contributed by atoms with Crippen LogP contribution in [0.2, 0.25) is 0 Å². The predicted molar refractivity (Wildman–Crippen MR) is 224 cm³/mol. The van der Waals surface area contributed by atoms with Crippen molar-refractivity contribution in [2.45, 2.75) is 12.8 Å². The van der Waals surface area contributed by atoms with Gasteiger partial charge >= 0.3 is 0 Å². The molecule has 1 aliphatic rings. The van der Waals surface area contributed by atoms with Crippen molar-refractivity contribution in [2.24, 2.45) is 0 Å². The molecule has 5 heteroatoms. The van der Waals surface area contributed by atoms with Crippen LogP contribution in [0.4, 0.5) is 0 Å². The van der Waals surface area contributed by atoms with Crippen LogP contribution in [0.5, 0.6) is 0 Å². The summed E-state index contributed by atoms with van der Waals surface area (Å²) in [6.45, 7) is 0. The number of allylic oxidation sites excluding steroid dienone is 1. The number of fused-ring (bicyclic) bond motifs is 10. The molecule has 3 heterocycles. The van der Waals surface area contributed by atoms with Crippen LogP contribution in [-0.4, -0.2) is 13.7 Å². The normalized spacial score (nSPS) is 12.5. The molecule has 7 aromatic carbocycles. The third-order valence-corrected chi connectivity index (χ3v) is 11.4. The molecule has 0 aliphatic heterocycles. The largest absolute Gasteiger partial charge is 0.308 e. The van der Waals surface area contributed by atoms with Gasteiger partial charge in [0.1, 0.15) is 12.1 Å². The number of benzene rings is 7. The summed E-state index contributed by atoms with van der Waals surface area (Å²) in [7, 11) is 0. The highest BCUT2D eigenvalue weighted by Gasteiger charge is 2.23. The molecular formula is C50H31N5. The minimum absolute atomic E-state index is 0.553. The Bertz CT molecular complexity index is 3340. The number of aryl methyl sites for hydroxylation is 1. The van der Waals surface area contributed by atoms with E-state index in [2.05, 4.69) is 171 Å². The first-order valence-electron chi connectivity index (χ1n) is 18.6. The molecule has 1 aliphatic carbocycles. The van der Waals surface area contributed by atoms with E-state index in [1.165, 1.54) is 16.3 Å². The van der Waals surface area contributed by atoms with Gasteiger partial charge in [0.2, 0.25) is 0 Å². The van der Waals surface area contributed by atoms with Crippen molar-refractivity contribution >= 4 is 60.6 Å².